The molecule has 0 atom stereocenters. The van der Waals surface area contributed by atoms with Gasteiger partial charge in [0.2, 0.25) is 11.7 Å². The van der Waals surface area contributed by atoms with E-state index in [2.05, 4.69) is 36.0 Å². The van der Waals surface area contributed by atoms with Crippen LogP contribution >= 0.6 is 0 Å². The first-order valence-corrected chi connectivity index (χ1v) is 10.2. The van der Waals surface area contributed by atoms with E-state index in [1.807, 2.05) is 16.8 Å². The molecule has 0 N–H and O–H groups in total. The fourth-order valence-corrected chi connectivity index (χ4v) is 3.98. The van der Waals surface area contributed by atoms with Crippen molar-refractivity contribution in [3.8, 4) is 11.5 Å². The van der Waals surface area contributed by atoms with Gasteiger partial charge >= 0.3 is 0 Å². The van der Waals surface area contributed by atoms with Crippen LogP contribution in [0.25, 0.3) is 22.4 Å². The van der Waals surface area contributed by atoms with Gasteiger partial charge in [0, 0.05) is 37.6 Å². The summed E-state index contributed by atoms with van der Waals surface area (Å²) in [5.74, 6) is 1.67. The Labute approximate surface area is 165 Å². The first-order valence-electron chi connectivity index (χ1n) is 10.2. The third-order valence-corrected chi connectivity index (χ3v) is 5.52. The normalized spacial score (nSPS) is 16.4. The molecular weight excluding hydrogens is 354 g/mol. The van der Waals surface area contributed by atoms with Crippen molar-refractivity contribution in [2.24, 2.45) is 0 Å². The Morgan fingerprint density at radius 1 is 1.21 bits per heavy atom. The highest BCUT2D eigenvalue weighted by molar-refractivity contribution is 5.91. The number of nitrogens with zero attached hydrogens (tertiary/aromatic N) is 5. The van der Waals surface area contributed by atoms with Crippen molar-refractivity contribution >= 4 is 10.9 Å². The van der Waals surface area contributed by atoms with Gasteiger partial charge in [0.15, 0.2) is 0 Å². The molecule has 0 spiro atoms. The Kier molecular flexibility index (Phi) is 5.73. The maximum absolute atomic E-state index is 5.66. The number of hydrogen-bond donors (Lipinski definition) is 0. The molecule has 3 heterocycles. The number of fused-ring (bicyclic) bond motifs is 1. The van der Waals surface area contributed by atoms with Gasteiger partial charge in [-0.15, -0.1) is 0 Å². The zero-order valence-electron chi connectivity index (χ0n) is 17.0. The summed E-state index contributed by atoms with van der Waals surface area (Å²) in [5.41, 5.74) is 1.90. The van der Waals surface area contributed by atoms with Crippen molar-refractivity contribution in [2.75, 3.05) is 33.4 Å². The highest BCUT2D eigenvalue weighted by Gasteiger charge is 2.26. The quantitative estimate of drug-likeness (QED) is 0.577. The topological polar surface area (TPSA) is 69.2 Å². The molecule has 1 aliphatic rings. The molecule has 0 saturated carbocycles. The summed E-state index contributed by atoms with van der Waals surface area (Å²) in [4.78, 5) is 7.23. The molecule has 7 nitrogen and oxygen atoms in total. The van der Waals surface area contributed by atoms with E-state index < -0.39 is 0 Å². The van der Waals surface area contributed by atoms with Gasteiger partial charge in [-0.25, -0.2) is 0 Å². The lowest BCUT2D eigenvalue weighted by atomic mass is 9.96. The largest absolute Gasteiger partial charge is 0.385 e. The van der Waals surface area contributed by atoms with Crippen molar-refractivity contribution in [1.29, 1.82) is 0 Å². The predicted molar refractivity (Wildman–Crippen MR) is 108 cm³/mol. The van der Waals surface area contributed by atoms with Gasteiger partial charge < -0.3 is 14.2 Å². The first-order chi connectivity index (χ1) is 13.7. The molecule has 0 unspecified atom stereocenters. The first kappa shape index (κ1) is 19.1. The SMILES string of the molecule is COCCCN1CCC(c2nc(-c3nn(C(C)C)c4ccccc34)no2)CC1. The Morgan fingerprint density at radius 2 is 2.00 bits per heavy atom. The Balaban J connectivity index is 1.49. The van der Waals surface area contributed by atoms with Crippen LogP contribution in [0.4, 0.5) is 0 Å². The molecular formula is C21H29N5O2. The monoisotopic (exact) mass is 383 g/mol. The molecule has 7 heteroatoms. The van der Waals surface area contributed by atoms with Crippen LogP contribution in [0.3, 0.4) is 0 Å². The summed E-state index contributed by atoms with van der Waals surface area (Å²) in [6, 6.07) is 8.50. The second-order valence-corrected chi connectivity index (χ2v) is 7.82. The van der Waals surface area contributed by atoms with Crippen molar-refractivity contribution in [3.63, 3.8) is 0 Å². The summed E-state index contributed by atoms with van der Waals surface area (Å²) >= 11 is 0. The smallest absolute Gasteiger partial charge is 0.230 e. The Bertz CT molecular complexity index is 909. The number of rotatable bonds is 7. The van der Waals surface area contributed by atoms with Crippen LogP contribution in [-0.2, 0) is 4.74 Å². The summed E-state index contributed by atoms with van der Waals surface area (Å²) in [6.07, 6.45) is 3.18. The summed E-state index contributed by atoms with van der Waals surface area (Å²) in [6.45, 7) is 8.31. The minimum atomic E-state index is 0.271. The molecule has 150 valence electrons. The zero-order valence-corrected chi connectivity index (χ0v) is 17.0. The van der Waals surface area contributed by atoms with Gasteiger partial charge in [0.1, 0.15) is 5.69 Å². The third-order valence-electron chi connectivity index (χ3n) is 5.52. The second kappa shape index (κ2) is 8.41. The molecule has 1 fully saturated rings. The summed E-state index contributed by atoms with van der Waals surface area (Å²) in [5, 5.41) is 10.1. The van der Waals surface area contributed by atoms with Gasteiger partial charge in [-0.1, -0.05) is 23.4 Å². The average Bonchev–Trinajstić information content (AvgIpc) is 3.34. The standard InChI is InChI=1S/C21H29N5O2/c1-15(2)26-18-8-5-4-7-17(18)19(23-26)20-22-21(28-24-20)16-9-12-25(13-10-16)11-6-14-27-3/h4-5,7-8,15-16H,6,9-14H2,1-3H3. The predicted octanol–water partition coefficient (Wildman–Crippen LogP) is 3.88. The molecule has 1 aromatic carbocycles. The van der Waals surface area contributed by atoms with E-state index in [1.54, 1.807) is 7.11 Å². The molecule has 3 aromatic rings. The molecule has 0 bridgehead atoms. The number of aromatic nitrogens is 4. The van der Waals surface area contributed by atoms with Crippen LogP contribution in [0.1, 0.15) is 51.0 Å². The lowest BCUT2D eigenvalue weighted by Gasteiger charge is -2.30. The van der Waals surface area contributed by atoms with Crippen LogP contribution < -0.4 is 0 Å². The summed E-state index contributed by atoms with van der Waals surface area (Å²) in [7, 11) is 1.76. The van der Waals surface area contributed by atoms with E-state index in [4.69, 9.17) is 19.3 Å². The van der Waals surface area contributed by atoms with Crippen molar-refractivity contribution in [2.45, 2.75) is 45.1 Å². The molecule has 28 heavy (non-hydrogen) atoms. The molecule has 1 aliphatic heterocycles. The fourth-order valence-electron chi connectivity index (χ4n) is 3.98. The number of hydrogen-bond acceptors (Lipinski definition) is 6. The van der Waals surface area contributed by atoms with Crippen molar-refractivity contribution in [3.05, 3.63) is 30.2 Å². The number of likely N-dealkylation sites (tertiary alicyclic amines) is 1. The van der Waals surface area contributed by atoms with Crippen LogP contribution in [0.15, 0.2) is 28.8 Å². The molecule has 4 rings (SSSR count). The van der Waals surface area contributed by atoms with Crippen LogP contribution in [0.2, 0.25) is 0 Å². The van der Waals surface area contributed by atoms with Gasteiger partial charge in [-0.2, -0.15) is 10.1 Å². The number of para-hydroxylation sites is 1. The number of piperidine rings is 1. The average molecular weight is 383 g/mol. The lowest BCUT2D eigenvalue weighted by Crippen LogP contribution is -2.34. The maximum Gasteiger partial charge on any atom is 0.230 e. The molecule has 0 amide bonds. The molecule has 1 saturated heterocycles. The van der Waals surface area contributed by atoms with E-state index in [0.29, 0.717) is 11.7 Å². The Morgan fingerprint density at radius 3 is 2.75 bits per heavy atom. The minimum Gasteiger partial charge on any atom is -0.385 e. The highest BCUT2D eigenvalue weighted by atomic mass is 16.5. The molecule has 0 aliphatic carbocycles. The number of benzene rings is 1. The van der Waals surface area contributed by atoms with Crippen LogP contribution in [0.5, 0.6) is 0 Å². The van der Waals surface area contributed by atoms with Gasteiger partial charge in [0.25, 0.3) is 0 Å². The molecule has 2 aromatic heterocycles. The van der Waals surface area contributed by atoms with Crippen LogP contribution in [-0.4, -0.2) is 58.2 Å². The van der Waals surface area contributed by atoms with E-state index in [-0.39, 0.29) is 6.04 Å². The van der Waals surface area contributed by atoms with E-state index in [1.165, 1.54) is 0 Å². The number of ether oxygens (including phenoxy) is 1. The van der Waals surface area contributed by atoms with E-state index >= 15 is 0 Å². The highest BCUT2D eigenvalue weighted by Crippen LogP contribution is 2.31. The summed E-state index contributed by atoms with van der Waals surface area (Å²) < 4.78 is 12.8. The maximum atomic E-state index is 5.66. The fraction of sp³-hybridized carbons (Fsp3) is 0.571. The van der Waals surface area contributed by atoms with E-state index in [0.717, 1.165) is 68.0 Å². The van der Waals surface area contributed by atoms with Gasteiger partial charge in [-0.3, -0.25) is 4.68 Å². The van der Waals surface area contributed by atoms with Crippen molar-refractivity contribution in [1.82, 2.24) is 24.8 Å². The van der Waals surface area contributed by atoms with Crippen LogP contribution in [0, 0.1) is 0 Å². The van der Waals surface area contributed by atoms with Crippen molar-refractivity contribution < 1.29 is 9.26 Å². The molecule has 0 radical (unpaired) electrons. The van der Waals surface area contributed by atoms with Gasteiger partial charge in [0.05, 0.1) is 5.52 Å². The second-order valence-electron chi connectivity index (χ2n) is 7.82. The zero-order chi connectivity index (χ0) is 19.5. The Hall–Kier alpha value is -2.25. The van der Waals surface area contributed by atoms with Gasteiger partial charge in [-0.05, 0) is 52.3 Å². The minimum absolute atomic E-state index is 0.271. The van der Waals surface area contributed by atoms with E-state index in [9.17, 15) is 0 Å². The number of methoxy groups -OCH3 is 1. The third kappa shape index (κ3) is 3.82. The lowest BCUT2D eigenvalue weighted by molar-refractivity contribution is 0.152.